The van der Waals surface area contributed by atoms with Crippen molar-refractivity contribution in [3.8, 4) is 0 Å². The zero-order chi connectivity index (χ0) is 19.0. The van der Waals surface area contributed by atoms with E-state index in [1.165, 1.54) is 0 Å². The second-order valence-corrected chi connectivity index (χ2v) is 6.84. The molecule has 0 bridgehead atoms. The molecule has 0 N–H and O–H groups in total. The highest BCUT2D eigenvalue weighted by Crippen LogP contribution is 2.28. The fraction of sp³-hybridized carbons (Fsp3) is 0.273. The average Bonchev–Trinajstić information content (AvgIpc) is 3.03. The third kappa shape index (κ3) is 2.99. The van der Waals surface area contributed by atoms with Crippen LogP contribution in [0, 0.1) is 0 Å². The number of para-hydroxylation sites is 1. The van der Waals surface area contributed by atoms with Gasteiger partial charge in [0.05, 0.1) is 12.2 Å². The Morgan fingerprint density at radius 2 is 1.78 bits per heavy atom. The van der Waals surface area contributed by atoms with Crippen LogP contribution < -0.4 is 0 Å². The van der Waals surface area contributed by atoms with Crippen molar-refractivity contribution < 1.29 is 14.3 Å². The average molecular weight is 362 g/mol. The Labute approximate surface area is 158 Å². The van der Waals surface area contributed by atoms with E-state index in [1.54, 1.807) is 11.8 Å². The van der Waals surface area contributed by atoms with Gasteiger partial charge in [0.2, 0.25) is 0 Å². The molecule has 0 radical (unpaired) electrons. The minimum absolute atomic E-state index is 0.139. The van der Waals surface area contributed by atoms with Crippen LogP contribution in [0.5, 0.6) is 0 Å². The molecule has 5 heteroatoms. The normalized spacial score (nSPS) is 16.2. The van der Waals surface area contributed by atoms with Crippen LogP contribution in [0.4, 0.5) is 0 Å². The molecule has 2 heterocycles. The molecule has 2 aromatic carbocycles. The maximum atomic E-state index is 13.5. The van der Waals surface area contributed by atoms with Crippen LogP contribution in [-0.4, -0.2) is 34.0 Å². The van der Waals surface area contributed by atoms with Crippen molar-refractivity contribution in [3.05, 3.63) is 71.4 Å². The third-order valence-corrected chi connectivity index (χ3v) is 5.20. The Kier molecular flexibility index (Phi) is 4.44. The molecule has 3 aromatic rings. The highest BCUT2D eigenvalue weighted by molar-refractivity contribution is 6.08. The van der Waals surface area contributed by atoms with Gasteiger partial charge in [-0.05, 0) is 24.1 Å². The van der Waals surface area contributed by atoms with Gasteiger partial charge in [-0.2, -0.15) is 0 Å². The molecule has 5 nitrogen and oxygen atoms in total. The highest BCUT2D eigenvalue weighted by Gasteiger charge is 2.36. The van der Waals surface area contributed by atoms with Crippen molar-refractivity contribution >= 4 is 22.8 Å². The SMILES string of the molecule is CCOC(=O)C1Cc2ccccc2CN1C(=O)c1cn(C)c2ccccc12. The number of hydrogen-bond acceptors (Lipinski definition) is 3. The molecule has 138 valence electrons. The standard InChI is InChI=1S/C22H22N2O3/c1-3-27-22(26)20-12-15-8-4-5-9-16(15)13-24(20)21(25)18-14-23(2)19-11-7-6-10-17(18)19/h4-11,14,20H,3,12-13H2,1-2H3. The molecule has 0 aliphatic carbocycles. The van der Waals surface area contributed by atoms with E-state index in [0.29, 0.717) is 25.1 Å². The first-order chi connectivity index (χ1) is 13.1. The van der Waals surface area contributed by atoms with E-state index in [9.17, 15) is 9.59 Å². The Hall–Kier alpha value is -3.08. The van der Waals surface area contributed by atoms with Gasteiger partial charge in [0, 0.05) is 37.1 Å². The number of carbonyl (C=O) groups excluding carboxylic acids is 2. The molecule has 0 spiro atoms. The first-order valence-electron chi connectivity index (χ1n) is 9.18. The number of aryl methyl sites for hydroxylation is 1. The number of benzene rings is 2. The summed E-state index contributed by atoms with van der Waals surface area (Å²) in [6.45, 7) is 2.49. The van der Waals surface area contributed by atoms with Gasteiger partial charge < -0.3 is 14.2 Å². The van der Waals surface area contributed by atoms with Crippen LogP contribution >= 0.6 is 0 Å². The quantitative estimate of drug-likeness (QED) is 0.672. The topological polar surface area (TPSA) is 51.5 Å². The smallest absolute Gasteiger partial charge is 0.329 e. The van der Waals surface area contributed by atoms with Crippen molar-refractivity contribution in [1.82, 2.24) is 9.47 Å². The van der Waals surface area contributed by atoms with E-state index in [4.69, 9.17) is 4.74 Å². The van der Waals surface area contributed by atoms with Crippen LogP contribution in [-0.2, 0) is 29.5 Å². The van der Waals surface area contributed by atoms with Crippen molar-refractivity contribution in [2.75, 3.05) is 6.61 Å². The molecule has 1 amide bonds. The highest BCUT2D eigenvalue weighted by atomic mass is 16.5. The molecular formula is C22H22N2O3. The minimum atomic E-state index is -0.605. The Bertz CT molecular complexity index is 1020. The van der Waals surface area contributed by atoms with Gasteiger partial charge in [0.25, 0.3) is 5.91 Å². The van der Waals surface area contributed by atoms with E-state index in [-0.39, 0.29) is 11.9 Å². The van der Waals surface area contributed by atoms with Crippen LogP contribution in [0.15, 0.2) is 54.7 Å². The number of nitrogens with zero attached hydrogens (tertiary/aromatic N) is 2. The van der Waals surface area contributed by atoms with E-state index >= 15 is 0 Å². The largest absolute Gasteiger partial charge is 0.464 e. The lowest BCUT2D eigenvalue weighted by molar-refractivity contribution is -0.149. The molecule has 0 saturated heterocycles. The number of amides is 1. The van der Waals surface area contributed by atoms with Crippen LogP contribution in [0.2, 0.25) is 0 Å². The third-order valence-electron chi connectivity index (χ3n) is 5.20. The van der Waals surface area contributed by atoms with Crippen molar-refractivity contribution in [2.24, 2.45) is 7.05 Å². The van der Waals surface area contributed by atoms with Gasteiger partial charge in [-0.1, -0.05) is 42.5 Å². The molecule has 4 rings (SSSR count). The fourth-order valence-electron chi connectivity index (χ4n) is 3.85. The molecule has 1 aliphatic heterocycles. The first-order valence-corrected chi connectivity index (χ1v) is 9.18. The van der Waals surface area contributed by atoms with E-state index in [2.05, 4.69) is 0 Å². The second kappa shape index (κ2) is 6.91. The predicted molar refractivity (Wildman–Crippen MR) is 103 cm³/mol. The lowest BCUT2D eigenvalue weighted by Gasteiger charge is -2.35. The zero-order valence-corrected chi connectivity index (χ0v) is 15.5. The van der Waals surface area contributed by atoms with E-state index < -0.39 is 6.04 Å². The summed E-state index contributed by atoms with van der Waals surface area (Å²) in [7, 11) is 1.92. The minimum Gasteiger partial charge on any atom is -0.464 e. The maximum absolute atomic E-state index is 13.5. The Morgan fingerprint density at radius 1 is 1.07 bits per heavy atom. The number of ether oxygens (including phenoxy) is 1. The lowest BCUT2D eigenvalue weighted by Crippen LogP contribution is -2.49. The van der Waals surface area contributed by atoms with Crippen molar-refractivity contribution in [1.29, 1.82) is 0 Å². The van der Waals surface area contributed by atoms with Crippen LogP contribution in [0.25, 0.3) is 10.9 Å². The summed E-state index contributed by atoms with van der Waals surface area (Å²) in [5, 5.41) is 0.895. The van der Waals surface area contributed by atoms with Gasteiger partial charge in [-0.25, -0.2) is 4.79 Å². The Balaban J connectivity index is 1.76. The van der Waals surface area contributed by atoms with E-state index in [0.717, 1.165) is 22.0 Å². The summed E-state index contributed by atoms with van der Waals surface area (Å²) in [6, 6.07) is 15.2. The summed E-state index contributed by atoms with van der Waals surface area (Å²) < 4.78 is 7.21. The van der Waals surface area contributed by atoms with Crippen LogP contribution in [0.1, 0.15) is 28.4 Å². The number of aromatic nitrogens is 1. The second-order valence-electron chi connectivity index (χ2n) is 6.84. The number of carbonyl (C=O) groups is 2. The van der Waals surface area contributed by atoms with Gasteiger partial charge in [0.15, 0.2) is 0 Å². The van der Waals surface area contributed by atoms with Crippen molar-refractivity contribution in [3.63, 3.8) is 0 Å². The number of hydrogen-bond donors (Lipinski definition) is 0. The molecule has 1 aromatic heterocycles. The molecule has 27 heavy (non-hydrogen) atoms. The van der Waals surface area contributed by atoms with E-state index in [1.807, 2.05) is 66.3 Å². The first kappa shape index (κ1) is 17.3. The van der Waals surface area contributed by atoms with Gasteiger partial charge in [-0.3, -0.25) is 4.79 Å². The molecule has 1 atom stereocenters. The Morgan fingerprint density at radius 3 is 2.56 bits per heavy atom. The number of fused-ring (bicyclic) bond motifs is 2. The summed E-state index contributed by atoms with van der Waals surface area (Å²) >= 11 is 0. The molecule has 0 fully saturated rings. The predicted octanol–water partition coefficient (Wildman–Crippen LogP) is 3.31. The molecule has 1 aliphatic rings. The van der Waals surface area contributed by atoms with Gasteiger partial charge >= 0.3 is 5.97 Å². The summed E-state index contributed by atoms with van der Waals surface area (Å²) in [5.74, 6) is -0.486. The summed E-state index contributed by atoms with van der Waals surface area (Å²) in [5.41, 5.74) is 3.77. The summed E-state index contributed by atoms with van der Waals surface area (Å²) in [6.07, 6.45) is 2.32. The van der Waals surface area contributed by atoms with Gasteiger partial charge in [0.1, 0.15) is 6.04 Å². The monoisotopic (exact) mass is 362 g/mol. The fourth-order valence-corrected chi connectivity index (χ4v) is 3.85. The molecular weight excluding hydrogens is 340 g/mol. The van der Waals surface area contributed by atoms with Crippen molar-refractivity contribution in [2.45, 2.75) is 25.9 Å². The number of rotatable bonds is 3. The zero-order valence-electron chi connectivity index (χ0n) is 15.5. The molecule has 0 saturated carbocycles. The molecule has 1 unspecified atom stereocenters. The maximum Gasteiger partial charge on any atom is 0.329 e. The lowest BCUT2D eigenvalue weighted by atomic mass is 9.93. The summed E-state index contributed by atoms with van der Waals surface area (Å²) in [4.78, 5) is 27.7. The number of esters is 1. The van der Waals surface area contributed by atoms with Gasteiger partial charge in [-0.15, -0.1) is 0 Å². The van der Waals surface area contributed by atoms with Crippen LogP contribution in [0.3, 0.4) is 0 Å².